The number of hydrogen-bond acceptors (Lipinski definition) is 3. The van der Waals surface area contributed by atoms with E-state index in [1.54, 1.807) is 30.3 Å². The molecule has 0 atom stereocenters. The molecule has 0 spiro atoms. The number of ether oxygens (including phenoxy) is 1. The molecule has 1 rings (SSSR count). The molecule has 0 unspecified atom stereocenters. The van der Waals surface area contributed by atoms with Crippen molar-refractivity contribution in [3.63, 3.8) is 0 Å². The molecule has 4 nitrogen and oxygen atoms in total. The van der Waals surface area contributed by atoms with E-state index in [0.29, 0.717) is 31.7 Å². The van der Waals surface area contributed by atoms with Gasteiger partial charge in [-0.3, -0.25) is 4.79 Å². The average molecular weight is 258 g/mol. The summed E-state index contributed by atoms with van der Waals surface area (Å²) < 4.78 is 5.28. The molecule has 1 aromatic carbocycles. The van der Waals surface area contributed by atoms with Crippen LogP contribution in [0.25, 0.3) is 0 Å². The summed E-state index contributed by atoms with van der Waals surface area (Å²) in [4.78, 5) is 11.6. The number of nitrogens with one attached hydrogen (secondary N) is 1. The molecule has 4 heteroatoms. The Morgan fingerprint density at radius 2 is 2.11 bits per heavy atom. The van der Waals surface area contributed by atoms with E-state index in [1.165, 1.54) is 0 Å². The Bertz CT molecular complexity index is 446. The summed E-state index contributed by atoms with van der Waals surface area (Å²) in [6.45, 7) is 5.24. The average Bonchev–Trinajstić information content (AvgIpc) is 2.43. The first kappa shape index (κ1) is 14.9. The Balaban J connectivity index is 2.20. The highest BCUT2D eigenvalue weighted by atomic mass is 16.5. The molecular formula is C15H18N2O2. The largest absolute Gasteiger partial charge is 0.379 e. The summed E-state index contributed by atoms with van der Waals surface area (Å²) in [6.07, 6.45) is 2.93. The highest BCUT2D eigenvalue weighted by Gasteiger charge is 2.02. The van der Waals surface area contributed by atoms with Gasteiger partial charge in [0, 0.05) is 6.54 Å². The number of nitriles is 1. The van der Waals surface area contributed by atoms with Gasteiger partial charge in [-0.2, -0.15) is 5.26 Å². The lowest BCUT2D eigenvalue weighted by Crippen LogP contribution is -2.28. The second-order valence-electron chi connectivity index (χ2n) is 4.03. The molecule has 0 saturated heterocycles. The molecule has 100 valence electrons. The van der Waals surface area contributed by atoms with E-state index in [9.17, 15) is 4.79 Å². The number of hydrogen-bond donors (Lipinski definition) is 1. The Labute approximate surface area is 113 Å². The molecule has 1 N–H and O–H groups in total. The molecule has 0 heterocycles. The minimum Gasteiger partial charge on any atom is -0.379 e. The maximum absolute atomic E-state index is 11.6. The third kappa shape index (κ3) is 6.39. The number of benzene rings is 1. The fraction of sp³-hybridized carbons (Fsp3) is 0.333. The minimum atomic E-state index is -0.0444. The third-order valence-corrected chi connectivity index (χ3v) is 2.48. The van der Waals surface area contributed by atoms with Crippen LogP contribution in [-0.2, 0) is 16.0 Å². The van der Waals surface area contributed by atoms with E-state index in [-0.39, 0.29) is 5.91 Å². The molecule has 1 aromatic rings. The number of amides is 1. The van der Waals surface area contributed by atoms with E-state index < -0.39 is 0 Å². The van der Waals surface area contributed by atoms with Crippen LogP contribution in [0.4, 0.5) is 0 Å². The Morgan fingerprint density at radius 1 is 1.37 bits per heavy atom. The predicted octanol–water partition coefficient (Wildman–Crippen LogP) is 1.81. The van der Waals surface area contributed by atoms with Crippen LogP contribution in [0.15, 0.2) is 36.9 Å². The topological polar surface area (TPSA) is 62.1 Å². The van der Waals surface area contributed by atoms with Gasteiger partial charge in [-0.25, -0.2) is 0 Å². The zero-order chi connectivity index (χ0) is 13.9. The van der Waals surface area contributed by atoms with Crippen LogP contribution < -0.4 is 5.32 Å². The fourth-order valence-corrected chi connectivity index (χ4v) is 1.48. The van der Waals surface area contributed by atoms with Gasteiger partial charge in [0.1, 0.15) is 0 Å². The van der Waals surface area contributed by atoms with Crippen molar-refractivity contribution in [2.24, 2.45) is 0 Å². The van der Waals surface area contributed by atoms with Gasteiger partial charge < -0.3 is 10.1 Å². The van der Waals surface area contributed by atoms with Crippen LogP contribution in [0.3, 0.4) is 0 Å². The first-order valence-electron chi connectivity index (χ1n) is 6.20. The van der Waals surface area contributed by atoms with Crippen LogP contribution in [0.5, 0.6) is 0 Å². The molecule has 0 fully saturated rings. The second-order valence-corrected chi connectivity index (χ2v) is 4.03. The van der Waals surface area contributed by atoms with E-state index in [1.807, 2.05) is 6.07 Å². The molecule has 0 aromatic heterocycles. The second kappa shape index (κ2) is 8.90. The lowest BCUT2D eigenvalue weighted by Gasteiger charge is -2.06. The number of rotatable bonds is 8. The van der Waals surface area contributed by atoms with Crippen LogP contribution in [0.1, 0.15) is 17.5 Å². The van der Waals surface area contributed by atoms with Gasteiger partial charge in [0.05, 0.1) is 31.3 Å². The lowest BCUT2D eigenvalue weighted by atomic mass is 10.1. The normalized spacial score (nSPS) is 9.63. The van der Waals surface area contributed by atoms with Gasteiger partial charge in [-0.15, -0.1) is 6.58 Å². The molecule has 0 aliphatic rings. The van der Waals surface area contributed by atoms with Crippen LogP contribution >= 0.6 is 0 Å². The monoisotopic (exact) mass is 258 g/mol. The van der Waals surface area contributed by atoms with Gasteiger partial charge in [0.15, 0.2) is 0 Å². The minimum absolute atomic E-state index is 0.0444. The van der Waals surface area contributed by atoms with Crippen LogP contribution in [-0.4, -0.2) is 25.7 Å². The fourth-order valence-electron chi connectivity index (χ4n) is 1.48. The molecule has 0 radical (unpaired) electrons. The highest BCUT2D eigenvalue weighted by molar-refractivity contribution is 5.78. The van der Waals surface area contributed by atoms with Crippen LogP contribution in [0.2, 0.25) is 0 Å². The Morgan fingerprint density at radius 3 is 2.74 bits per heavy atom. The Hall–Kier alpha value is -2.12. The summed E-state index contributed by atoms with van der Waals surface area (Å²) in [7, 11) is 0. The maximum Gasteiger partial charge on any atom is 0.224 e. The van der Waals surface area contributed by atoms with Gasteiger partial charge >= 0.3 is 0 Å². The molecule has 0 bridgehead atoms. The first-order valence-corrected chi connectivity index (χ1v) is 6.20. The van der Waals surface area contributed by atoms with Crippen molar-refractivity contribution in [1.29, 1.82) is 5.26 Å². The predicted molar refractivity (Wildman–Crippen MR) is 73.5 cm³/mol. The van der Waals surface area contributed by atoms with Crippen molar-refractivity contribution in [1.82, 2.24) is 5.32 Å². The number of carbonyl (C=O) groups excluding carboxylic acids is 1. The Kier molecular flexibility index (Phi) is 7.00. The quantitative estimate of drug-likeness (QED) is 0.571. The van der Waals surface area contributed by atoms with Crippen molar-refractivity contribution in [3.05, 3.63) is 48.0 Å². The van der Waals surface area contributed by atoms with Gasteiger partial charge in [-0.1, -0.05) is 18.2 Å². The SMILES string of the molecule is C=CCCOCCNC(=O)Cc1ccc(C#N)cc1. The van der Waals surface area contributed by atoms with Crippen LogP contribution in [0, 0.1) is 11.3 Å². The van der Waals surface area contributed by atoms with Crippen molar-refractivity contribution in [2.45, 2.75) is 12.8 Å². The van der Waals surface area contributed by atoms with E-state index in [2.05, 4.69) is 11.9 Å². The standard InChI is InChI=1S/C15H18N2O2/c1-2-3-9-19-10-8-17-15(18)11-13-4-6-14(12-16)7-5-13/h2,4-7H,1,3,8-11H2,(H,17,18). The van der Waals surface area contributed by atoms with E-state index in [0.717, 1.165) is 12.0 Å². The molecule has 1 amide bonds. The molecule has 0 saturated carbocycles. The summed E-state index contributed by atoms with van der Waals surface area (Å²) >= 11 is 0. The molecule has 19 heavy (non-hydrogen) atoms. The smallest absolute Gasteiger partial charge is 0.224 e. The first-order chi connectivity index (χ1) is 9.26. The van der Waals surface area contributed by atoms with Crippen molar-refractivity contribution >= 4 is 5.91 Å². The zero-order valence-electron chi connectivity index (χ0n) is 10.9. The van der Waals surface area contributed by atoms with Gasteiger partial charge in [0.2, 0.25) is 5.91 Å². The molecule has 0 aliphatic carbocycles. The molecule has 0 aliphatic heterocycles. The van der Waals surface area contributed by atoms with Gasteiger partial charge in [0.25, 0.3) is 0 Å². The van der Waals surface area contributed by atoms with Crippen molar-refractivity contribution in [3.8, 4) is 6.07 Å². The third-order valence-electron chi connectivity index (χ3n) is 2.48. The summed E-state index contributed by atoms with van der Waals surface area (Å²) in [5, 5.41) is 11.4. The summed E-state index contributed by atoms with van der Waals surface area (Å²) in [5.74, 6) is -0.0444. The van der Waals surface area contributed by atoms with Crippen molar-refractivity contribution < 1.29 is 9.53 Å². The van der Waals surface area contributed by atoms with Crippen molar-refractivity contribution in [2.75, 3.05) is 19.8 Å². The number of carbonyl (C=O) groups is 1. The summed E-state index contributed by atoms with van der Waals surface area (Å²) in [6, 6.07) is 9.04. The zero-order valence-corrected chi connectivity index (χ0v) is 10.9. The molecular weight excluding hydrogens is 240 g/mol. The number of nitrogens with zero attached hydrogens (tertiary/aromatic N) is 1. The highest BCUT2D eigenvalue weighted by Crippen LogP contribution is 2.03. The maximum atomic E-state index is 11.6. The summed E-state index contributed by atoms with van der Waals surface area (Å²) in [5.41, 5.74) is 1.49. The van der Waals surface area contributed by atoms with E-state index in [4.69, 9.17) is 10.00 Å². The van der Waals surface area contributed by atoms with E-state index >= 15 is 0 Å². The lowest BCUT2D eigenvalue weighted by molar-refractivity contribution is -0.120. The van der Waals surface area contributed by atoms with Gasteiger partial charge in [-0.05, 0) is 24.1 Å².